The lowest BCUT2D eigenvalue weighted by atomic mass is 9.65. The third kappa shape index (κ3) is 2.79. The molecule has 2 aliphatic carbocycles. The van der Waals surface area contributed by atoms with Gasteiger partial charge in [0.2, 0.25) is 0 Å². The fourth-order valence-corrected chi connectivity index (χ4v) is 3.83. The summed E-state index contributed by atoms with van der Waals surface area (Å²) in [5.74, 6) is 4.31. The van der Waals surface area contributed by atoms with E-state index < -0.39 is 0 Å². The van der Waals surface area contributed by atoms with Crippen LogP contribution in [0, 0.1) is 23.7 Å². The summed E-state index contributed by atoms with van der Waals surface area (Å²) >= 11 is 0. The molecule has 0 nitrogen and oxygen atoms in total. The van der Waals surface area contributed by atoms with E-state index in [1.165, 1.54) is 51.3 Å². The van der Waals surface area contributed by atoms with E-state index in [-0.39, 0.29) is 0 Å². The Morgan fingerprint density at radius 3 is 2.33 bits per heavy atom. The van der Waals surface area contributed by atoms with Crippen LogP contribution in [0.15, 0.2) is 0 Å². The maximum atomic E-state index is 2.54. The number of hydrogen-bond donors (Lipinski definition) is 0. The van der Waals surface area contributed by atoms with Gasteiger partial charge in [-0.1, -0.05) is 58.2 Å². The van der Waals surface area contributed by atoms with Gasteiger partial charge in [0, 0.05) is 0 Å². The van der Waals surface area contributed by atoms with Crippen LogP contribution in [0.5, 0.6) is 0 Å². The first-order valence-corrected chi connectivity index (χ1v) is 7.31. The number of hydrogen-bond acceptors (Lipinski definition) is 0. The second-order valence-electron chi connectivity index (χ2n) is 6.13. The molecule has 0 heterocycles. The second kappa shape index (κ2) is 5.41. The summed E-state index contributed by atoms with van der Waals surface area (Å²) < 4.78 is 0. The fraction of sp³-hybridized carbons (Fsp3) is 1.00. The highest BCUT2D eigenvalue weighted by Crippen LogP contribution is 2.43. The molecule has 3 unspecified atom stereocenters. The molecule has 0 saturated heterocycles. The van der Waals surface area contributed by atoms with Crippen molar-refractivity contribution in [1.82, 2.24) is 0 Å². The Morgan fingerprint density at radius 2 is 1.73 bits per heavy atom. The highest BCUT2D eigenvalue weighted by atomic mass is 14.4. The normalized spacial score (nSPS) is 34.7. The Labute approximate surface area is 96.6 Å². The molecule has 0 aliphatic heterocycles. The summed E-state index contributed by atoms with van der Waals surface area (Å²) in [6.45, 7) is 2.54. The van der Waals surface area contributed by atoms with E-state index in [2.05, 4.69) is 14.8 Å². The minimum Gasteiger partial charge on any atom is -0.0808 e. The second-order valence-corrected chi connectivity index (χ2v) is 6.13. The quantitative estimate of drug-likeness (QED) is 0.615. The van der Waals surface area contributed by atoms with E-state index in [0.717, 1.165) is 23.7 Å². The molecule has 2 fully saturated rings. The first kappa shape index (κ1) is 11.5. The highest BCUT2D eigenvalue weighted by Gasteiger charge is 2.32. The van der Waals surface area contributed by atoms with Crippen LogP contribution in [0.3, 0.4) is 0 Å². The third-order valence-corrected chi connectivity index (χ3v) is 5.16. The van der Waals surface area contributed by atoms with Gasteiger partial charge in [0.15, 0.2) is 0 Å². The molecule has 0 aromatic heterocycles. The Bertz CT molecular complexity index is 184. The first-order chi connectivity index (χ1) is 7.31. The van der Waals surface area contributed by atoms with Crippen molar-refractivity contribution in [3.8, 4) is 0 Å². The van der Waals surface area contributed by atoms with Crippen LogP contribution in [0.1, 0.15) is 58.3 Å². The van der Waals surface area contributed by atoms with Crippen LogP contribution in [-0.4, -0.2) is 7.85 Å². The molecule has 3 atom stereocenters. The molecule has 2 aliphatic rings. The van der Waals surface area contributed by atoms with E-state index in [1.54, 1.807) is 6.42 Å². The van der Waals surface area contributed by atoms with Crippen LogP contribution in [0.25, 0.3) is 0 Å². The Kier molecular flexibility index (Phi) is 4.17. The summed E-state index contributed by atoms with van der Waals surface area (Å²) in [6, 6.07) is 0. The molecule has 86 valence electrons. The summed E-state index contributed by atoms with van der Waals surface area (Å²) in [6.07, 6.45) is 13.6. The maximum Gasteiger partial charge on any atom is 0.101 e. The van der Waals surface area contributed by atoms with Crippen LogP contribution >= 0.6 is 0 Å². The summed E-state index contributed by atoms with van der Waals surface area (Å²) in [4.78, 5) is 0. The summed E-state index contributed by atoms with van der Waals surface area (Å²) in [7, 11) is 2.35. The molecule has 0 bridgehead atoms. The van der Waals surface area contributed by atoms with Gasteiger partial charge in [-0.25, -0.2) is 0 Å². The van der Waals surface area contributed by atoms with E-state index in [4.69, 9.17) is 0 Å². The minimum absolute atomic E-state index is 1.04. The van der Waals surface area contributed by atoms with Gasteiger partial charge < -0.3 is 0 Å². The van der Waals surface area contributed by atoms with Crippen LogP contribution in [0.4, 0.5) is 0 Å². The van der Waals surface area contributed by atoms with Crippen molar-refractivity contribution in [2.24, 2.45) is 23.7 Å². The molecule has 2 rings (SSSR count). The highest BCUT2D eigenvalue weighted by molar-refractivity contribution is 6.08. The molecule has 0 N–H and O–H groups in total. The van der Waals surface area contributed by atoms with Crippen molar-refractivity contribution >= 4 is 7.85 Å². The van der Waals surface area contributed by atoms with Crippen LogP contribution in [-0.2, 0) is 0 Å². The predicted octanol–water partition coefficient (Wildman–Crippen LogP) is 3.67. The molecule has 0 amide bonds. The van der Waals surface area contributed by atoms with Gasteiger partial charge in [0.25, 0.3) is 0 Å². The average molecular weight is 206 g/mol. The van der Waals surface area contributed by atoms with Crippen molar-refractivity contribution in [2.75, 3.05) is 0 Å². The van der Waals surface area contributed by atoms with Gasteiger partial charge in [-0.3, -0.25) is 0 Å². The topological polar surface area (TPSA) is 0 Å². The van der Waals surface area contributed by atoms with Crippen molar-refractivity contribution in [1.29, 1.82) is 0 Å². The van der Waals surface area contributed by atoms with Gasteiger partial charge in [-0.15, -0.1) is 0 Å². The summed E-state index contributed by atoms with van der Waals surface area (Å²) in [5, 5.41) is 0. The van der Waals surface area contributed by atoms with E-state index in [1.807, 2.05) is 0 Å². The van der Waals surface area contributed by atoms with Crippen LogP contribution < -0.4 is 0 Å². The Morgan fingerprint density at radius 1 is 1.07 bits per heavy atom. The molecular formula is C14H27B. The Hall–Kier alpha value is 0.0649. The smallest absolute Gasteiger partial charge is 0.0808 e. The van der Waals surface area contributed by atoms with E-state index in [0.29, 0.717) is 0 Å². The molecule has 1 heteroatoms. The number of rotatable bonds is 4. The minimum atomic E-state index is 1.04. The SMILES string of the molecule is BCCC1CCCC(C(C)C2CCC2)C1. The summed E-state index contributed by atoms with van der Waals surface area (Å²) in [5.41, 5.74) is 0. The van der Waals surface area contributed by atoms with Crippen LogP contribution in [0.2, 0.25) is 6.32 Å². The molecule has 0 aromatic carbocycles. The molecule has 0 radical (unpaired) electrons. The largest absolute Gasteiger partial charge is 0.101 e. The standard InChI is InChI=1S/C14H27B/c1-11(13-5-3-6-13)14-7-2-4-12(10-14)8-9-15/h11-14H,2-10,15H2,1H3. The average Bonchev–Trinajstić information content (AvgIpc) is 2.16. The zero-order valence-corrected chi connectivity index (χ0v) is 10.7. The fourth-order valence-electron chi connectivity index (χ4n) is 3.83. The van der Waals surface area contributed by atoms with Crippen molar-refractivity contribution in [3.05, 3.63) is 0 Å². The lowest BCUT2D eigenvalue weighted by Crippen LogP contribution is -2.29. The van der Waals surface area contributed by atoms with Crippen molar-refractivity contribution < 1.29 is 0 Å². The van der Waals surface area contributed by atoms with Gasteiger partial charge in [-0.2, -0.15) is 0 Å². The molecule has 2 saturated carbocycles. The zero-order valence-electron chi connectivity index (χ0n) is 10.7. The van der Waals surface area contributed by atoms with Gasteiger partial charge >= 0.3 is 0 Å². The lowest BCUT2D eigenvalue weighted by molar-refractivity contribution is 0.110. The maximum absolute atomic E-state index is 2.54. The van der Waals surface area contributed by atoms with Crippen molar-refractivity contribution in [3.63, 3.8) is 0 Å². The predicted molar refractivity (Wildman–Crippen MR) is 69.9 cm³/mol. The zero-order chi connectivity index (χ0) is 10.7. The van der Waals surface area contributed by atoms with E-state index >= 15 is 0 Å². The monoisotopic (exact) mass is 206 g/mol. The first-order valence-electron chi connectivity index (χ1n) is 7.31. The lowest BCUT2D eigenvalue weighted by Gasteiger charge is -2.40. The molecule has 0 aromatic rings. The van der Waals surface area contributed by atoms with E-state index in [9.17, 15) is 0 Å². The van der Waals surface area contributed by atoms with Gasteiger partial charge in [0.05, 0.1) is 0 Å². The molecule has 0 spiro atoms. The molecular weight excluding hydrogens is 179 g/mol. The third-order valence-electron chi connectivity index (χ3n) is 5.16. The van der Waals surface area contributed by atoms with Crippen molar-refractivity contribution in [2.45, 2.75) is 64.6 Å². The Balaban J connectivity index is 1.80. The van der Waals surface area contributed by atoms with Gasteiger partial charge in [0.1, 0.15) is 7.85 Å². The van der Waals surface area contributed by atoms with Gasteiger partial charge in [-0.05, 0) is 30.1 Å². The molecule has 15 heavy (non-hydrogen) atoms.